The number of likely N-dealkylation sites (tertiary alicyclic amines) is 2. The maximum Gasteiger partial charge on any atom is 0.0235 e. The van der Waals surface area contributed by atoms with Crippen LogP contribution in [0.1, 0.15) is 52.4 Å². The molecule has 0 radical (unpaired) electrons. The molecule has 3 nitrogen and oxygen atoms in total. The fraction of sp³-hybridized carbons (Fsp3) is 1.00. The van der Waals surface area contributed by atoms with E-state index in [0.29, 0.717) is 6.04 Å². The van der Waals surface area contributed by atoms with Crippen LogP contribution in [0.25, 0.3) is 0 Å². The zero-order valence-corrected chi connectivity index (χ0v) is 13.4. The zero-order chi connectivity index (χ0) is 14.1. The predicted molar refractivity (Wildman–Crippen MR) is 84.7 cm³/mol. The maximum atomic E-state index is 6.03. The van der Waals surface area contributed by atoms with E-state index in [4.69, 9.17) is 5.73 Å². The highest BCUT2D eigenvalue weighted by atomic mass is 15.3. The van der Waals surface area contributed by atoms with Crippen molar-refractivity contribution in [3.05, 3.63) is 0 Å². The van der Waals surface area contributed by atoms with Gasteiger partial charge in [-0.25, -0.2) is 0 Å². The van der Waals surface area contributed by atoms with E-state index < -0.39 is 0 Å². The van der Waals surface area contributed by atoms with Crippen LogP contribution in [0.2, 0.25) is 0 Å². The van der Waals surface area contributed by atoms with Crippen LogP contribution in [0.5, 0.6) is 0 Å². The van der Waals surface area contributed by atoms with Gasteiger partial charge in [0.25, 0.3) is 0 Å². The van der Waals surface area contributed by atoms with E-state index >= 15 is 0 Å². The van der Waals surface area contributed by atoms with E-state index in [0.717, 1.165) is 23.9 Å². The van der Waals surface area contributed by atoms with E-state index in [1.807, 2.05) is 0 Å². The molecule has 3 aliphatic rings. The minimum absolute atomic E-state index is 0.462. The molecule has 3 unspecified atom stereocenters. The normalized spacial score (nSPS) is 42.1. The third-order valence-electron chi connectivity index (χ3n) is 5.96. The molecule has 2 heterocycles. The first-order valence-electron chi connectivity index (χ1n) is 8.85. The molecule has 0 aromatic heterocycles. The van der Waals surface area contributed by atoms with Crippen molar-refractivity contribution in [1.82, 2.24) is 9.80 Å². The van der Waals surface area contributed by atoms with E-state index in [2.05, 4.69) is 23.6 Å². The first kappa shape index (κ1) is 14.8. The van der Waals surface area contributed by atoms with Gasteiger partial charge in [-0.2, -0.15) is 0 Å². The molecule has 3 atom stereocenters. The molecular formula is C17H33N3. The summed E-state index contributed by atoms with van der Waals surface area (Å²) in [4.78, 5) is 5.53. The van der Waals surface area contributed by atoms with Crippen molar-refractivity contribution >= 4 is 0 Å². The predicted octanol–water partition coefficient (Wildman–Crippen LogP) is 2.31. The molecule has 2 aliphatic heterocycles. The van der Waals surface area contributed by atoms with Crippen LogP contribution in [0.15, 0.2) is 0 Å². The molecule has 116 valence electrons. The molecule has 2 saturated heterocycles. The molecule has 2 N–H and O–H groups in total. The quantitative estimate of drug-likeness (QED) is 0.842. The van der Waals surface area contributed by atoms with Gasteiger partial charge < -0.3 is 5.73 Å². The minimum Gasteiger partial charge on any atom is -0.328 e. The smallest absolute Gasteiger partial charge is 0.0235 e. The summed E-state index contributed by atoms with van der Waals surface area (Å²) in [6, 6.07) is 2.14. The summed E-state index contributed by atoms with van der Waals surface area (Å²) in [7, 11) is 0. The minimum atomic E-state index is 0.462. The largest absolute Gasteiger partial charge is 0.328 e. The number of hydrogen-bond acceptors (Lipinski definition) is 3. The van der Waals surface area contributed by atoms with Crippen molar-refractivity contribution in [2.75, 3.05) is 26.2 Å². The van der Waals surface area contributed by atoms with Crippen molar-refractivity contribution in [2.45, 2.75) is 70.5 Å². The highest BCUT2D eigenvalue weighted by molar-refractivity contribution is 4.91. The standard InChI is InChI=1S/C17H33N3/c1-13-9-14(2)11-17(10-13)20-8-5-16(12-20)19-6-3-15(18)4-7-19/h13-17H,3-12,18H2,1-2H3. The Kier molecular flexibility index (Phi) is 4.68. The van der Waals surface area contributed by atoms with Crippen molar-refractivity contribution in [3.8, 4) is 0 Å². The fourth-order valence-electron chi connectivity index (χ4n) is 4.89. The van der Waals surface area contributed by atoms with Gasteiger partial charge in [-0.3, -0.25) is 9.80 Å². The SMILES string of the molecule is CC1CC(C)CC(N2CCC(N3CCC(N)CC3)C2)C1. The second kappa shape index (κ2) is 6.33. The Labute approximate surface area is 124 Å². The number of nitrogens with two attached hydrogens (primary N) is 1. The summed E-state index contributed by atoms with van der Waals surface area (Å²) in [5.74, 6) is 1.85. The molecule has 3 rings (SSSR count). The summed E-state index contributed by atoms with van der Waals surface area (Å²) < 4.78 is 0. The van der Waals surface area contributed by atoms with E-state index in [9.17, 15) is 0 Å². The second-order valence-electron chi connectivity index (χ2n) is 7.88. The molecule has 0 spiro atoms. The first-order valence-corrected chi connectivity index (χ1v) is 8.85. The van der Waals surface area contributed by atoms with Gasteiger partial charge >= 0.3 is 0 Å². The Bertz CT molecular complexity index is 301. The Morgan fingerprint density at radius 2 is 1.35 bits per heavy atom. The van der Waals surface area contributed by atoms with Gasteiger partial charge in [-0.15, -0.1) is 0 Å². The van der Waals surface area contributed by atoms with E-state index in [1.54, 1.807) is 0 Å². The molecule has 1 aliphatic carbocycles. The van der Waals surface area contributed by atoms with Crippen LogP contribution < -0.4 is 5.73 Å². The van der Waals surface area contributed by atoms with Gasteiger partial charge in [0, 0.05) is 31.2 Å². The Hall–Kier alpha value is -0.120. The fourth-order valence-corrected chi connectivity index (χ4v) is 4.89. The average molecular weight is 279 g/mol. The van der Waals surface area contributed by atoms with Crippen LogP contribution >= 0.6 is 0 Å². The number of piperidine rings is 1. The van der Waals surface area contributed by atoms with Crippen LogP contribution in [0.3, 0.4) is 0 Å². The highest BCUT2D eigenvalue weighted by Gasteiger charge is 2.35. The molecule has 1 saturated carbocycles. The topological polar surface area (TPSA) is 32.5 Å². The third-order valence-corrected chi connectivity index (χ3v) is 5.96. The van der Waals surface area contributed by atoms with Gasteiger partial charge in [-0.05, 0) is 63.5 Å². The lowest BCUT2D eigenvalue weighted by Gasteiger charge is -2.38. The monoisotopic (exact) mass is 279 g/mol. The molecule has 0 amide bonds. The van der Waals surface area contributed by atoms with Gasteiger partial charge in [0.2, 0.25) is 0 Å². The number of rotatable bonds is 2. The lowest BCUT2D eigenvalue weighted by molar-refractivity contribution is 0.110. The zero-order valence-electron chi connectivity index (χ0n) is 13.4. The molecule has 20 heavy (non-hydrogen) atoms. The lowest BCUT2D eigenvalue weighted by Crippen LogP contribution is -2.47. The highest BCUT2D eigenvalue weighted by Crippen LogP contribution is 2.33. The van der Waals surface area contributed by atoms with Crippen LogP contribution in [0, 0.1) is 11.8 Å². The van der Waals surface area contributed by atoms with Crippen LogP contribution in [-0.2, 0) is 0 Å². The maximum absolute atomic E-state index is 6.03. The van der Waals surface area contributed by atoms with Gasteiger partial charge in [0.05, 0.1) is 0 Å². The van der Waals surface area contributed by atoms with Crippen molar-refractivity contribution in [2.24, 2.45) is 17.6 Å². The van der Waals surface area contributed by atoms with E-state index in [1.165, 1.54) is 64.7 Å². The Morgan fingerprint density at radius 1 is 0.750 bits per heavy atom. The summed E-state index contributed by atoms with van der Waals surface area (Å²) in [6.45, 7) is 10.0. The van der Waals surface area contributed by atoms with Crippen molar-refractivity contribution in [1.29, 1.82) is 0 Å². The molecule has 0 aromatic rings. The number of hydrogen-bond donors (Lipinski definition) is 1. The first-order chi connectivity index (χ1) is 9.61. The van der Waals surface area contributed by atoms with Gasteiger partial charge in [-0.1, -0.05) is 13.8 Å². The Morgan fingerprint density at radius 3 is 2.00 bits per heavy atom. The molecular weight excluding hydrogens is 246 g/mol. The molecule has 0 aromatic carbocycles. The molecule has 3 fully saturated rings. The summed E-state index contributed by atoms with van der Waals surface area (Å²) >= 11 is 0. The number of nitrogens with zero attached hydrogens (tertiary/aromatic N) is 2. The molecule has 0 bridgehead atoms. The summed E-state index contributed by atoms with van der Waals surface area (Å²) in [5, 5.41) is 0. The third kappa shape index (κ3) is 3.37. The molecule has 3 heteroatoms. The van der Waals surface area contributed by atoms with E-state index in [-0.39, 0.29) is 0 Å². The van der Waals surface area contributed by atoms with Gasteiger partial charge in [0.15, 0.2) is 0 Å². The second-order valence-corrected chi connectivity index (χ2v) is 7.88. The lowest BCUT2D eigenvalue weighted by atomic mass is 9.80. The average Bonchev–Trinajstić information content (AvgIpc) is 2.88. The summed E-state index contributed by atoms with van der Waals surface area (Å²) in [6.07, 6.45) is 8.10. The van der Waals surface area contributed by atoms with Crippen molar-refractivity contribution in [3.63, 3.8) is 0 Å². The van der Waals surface area contributed by atoms with Crippen LogP contribution in [0.4, 0.5) is 0 Å². The summed E-state index contributed by atoms with van der Waals surface area (Å²) in [5.41, 5.74) is 6.03. The van der Waals surface area contributed by atoms with Gasteiger partial charge in [0.1, 0.15) is 0 Å². The van der Waals surface area contributed by atoms with Crippen LogP contribution in [-0.4, -0.2) is 54.1 Å². The Balaban J connectivity index is 1.51. The van der Waals surface area contributed by atoms with Crippen molar-refractivity contribution < 1.29 is 0 Å².